The number of carbonyl (C=O) groups excluding carboxylic acids is 3. The fraction of sp³-hybridized carbons (Fsp3) is 0.0417. The van der Waals surface area contributed by atoms with E-state index in [4.69, 9.17) is 51.1 Å². The first kappa shape index (κ1) is 24.1. The van der Waals surface area contributed by atoms with Crippen molar-refractivity contribution < 1.29 is 19.1 Å². The predicted molar refractivity (Wildman–Crippen MR) is 133 cm³/mol. The Kier molecular flexibility index (Phi) is 7.14. The summed E-state index contributed by atoms with van der Waals surface area (Å²) < 4.78 is 5.74. The molecule has 0 spiro atoms. The molecule has 10 heteroatoms. The summed E-state index contributed by atoms with van der Waals surface area (Å²) in [4.78, 5) is 38.5. The first-order valence-corrected chi connectivity index (χ1v) is 11.3. The van der Waals surface area contributed by atoms with E-state index in [1.165, 1.54) is 24.3 Å². The molecule has 1 N–H and O–H groups in total. The lowest BCUT2D eigenvalue weighted by atomic mass is 10.1. The molecule has 0 saturated carbocycles. The molecule has 1 heterocycles. The van der Waals surface area contributed by atoms with E-state index >= 15 is 0 Å². The van der Waals surface area contributed by atoms with E-state index in [-0.39, 0.29) is 22.9 Å². The van der Waals surface area contributed by atoms with Crippen molar-refractivity contribution in [3.8, 4) is 5.75 Å². The molecule has 1 aliphatic heterocycles. The van der Waals surface area contributed by atoms with Gasteiger partial charge in [0.2, 0.25) is 0 Å². The molecule has 1 fully saturated rings. The monoisotopic (exact) mass is 534 g/mol. The van der Waals surface area contributed by atoms with Gasteiger partial charge in [-0.3, -0.25) is 14.9 Å². The molecule has 6 nitrogen and oxygen atoms in total. The van der Waals surface area contributed by atoms with Gasteiger partial charge >= 0.3 is 6.03 Å². The van der Waals surface area contributed by atoms with Crippen LogP contribution in [0.4, 0.5) is 10.5 Å². The highest BCUT2D eigenvalue weighted by Gasteiger charge is 2.36. The summed E-state index contributed by atoms with van der Waals surface area (Å²) in [7, 11) is 0. The number of urea groups is 1. The molecule has 4 amide bonds. The fourth-order valence-electron chi connectivity index (χ4n) is 3.19. The lowest BCUT2D eigenvalue weighted by Crippen LogP contribution is -2.54. The lowest BCUT2D eigenvalue weighted by Gasteiger charge is -2.26. The normalized spacial score (nSPS) is 15.0. The van der Waals surface area contributed by atoms with Crippen LogP contribution in [0.3, 0.4) is 0 Å². The number of amides is 4. The van der Waals surface area contributed by atoms with Gasteiger partial charge in [0.15, 0.2) is 0 Å². The fourth-order valence-corrected chi connectivity index (χ4v) is 4.08. The third-order valence-electron chi connectivity index (χ3n) is 4.83. The number of imide groups is 2. The summed E-state index contributed by atoms with van der Waals surface area (Å²) in [5.41, 5.74) is 1.18. The van der Waals surface area contributed by atoms with E-state index in [0.29, 0.717) is 26.4 Å². The van der Waals surface area contributed by atoms with Crippen molar-refractivity contribution in [2.75, 3.05) is 4.90 Å². The molecule has 1 aliphatic rings. The van der Waals surface area contributed by atoms with Gasteiger partial charge in [0, 0.05) is 20.6 Å². The number of hydrogen-bond donors (Lipinski definition) is 1. The Balaban J connectivity index is 1.56. The first-order chi connectivity index (χ1) is 16.2. The maximum Gasteiger partial charge on any atom is 0.335 e. The summed E-state index contributed by atoms with van der Waals surface area (Å²) in [5.74, 6) is -1.23. The van der Waals surface area contributed by atoms with Crippen LogP contribution in [0.5, 0.6) is 5.75 Å². The van der Waals surface area contributed by atoms with Gasteiger partial charge in [0.1, 0.15) is 17.9 Å². The van der Waals surface area contributed by atoms with Gasteiger partial charge in [-0.05, 0) is 54.1 Å². The van der Waals surface area contributed by atoms with Gasteiger partial charge in [-0.25, -0.2) is 9.69 Å². The van der Waals surface area contributed by atoms with Gasteiger partial charge in [0.25, 0.3) is 11.8 Å². The quantitative estimate of drug-likeness (QED) is 0.297. The minimum atomic E-state index is -0.864. The van der Waals surface area contributed by atoms with Crippen LogP contribution in [0.1, 0.15) is 11.1 Å². The minimum absolute atomic E-state index is 0.160. The zero-order valence-electron chi connectivity index (χ0n) is 17.2. The van der Waals surface area contributed by atoms with Crippen molar-refractivity contribution in [1.82, 2.24) is 5.32 Å². The summed E-state index contributed by atoms with van der Waals surface area (Å²) >= 11 is 24.4. The highest BCUT2D eigenvalue weighted by molar-refractivity contribution is 6.39. The number of nitrogens with one attached hydrogen (secondary N) is 1. The molecule has 172 valence electrons. The number of hydrogen-bond acceptors (Lipinski definition) is 4. The van der Waals surface area contributed by atoms with Crippen molar-refractivity contribution in [2.24, 2.45) is 0 Å². The third kappa shape index (κ3) is 5.21. The van der Waals surface area contributed by atoms with Crippen LogP contribution in [0.15, 0.2) is 66.2 Å². The largest absolute Gasteiger partial charge is 0.487 e. The van der Waals surface area contributed by atoms with Crippen LogP contribution in [-0.2, 0) is 16.2 Å². The zero-order chi connectivity index (χ0) is 24.4. The number of carbonyl (C=O) groups is 3. The van der Waals surface area contributed by atoms with Crippen LogP contribution in [-0.4, -0.2) is 17.8 Å². The molecular weight excluding hydrogens is 522 g/mol. The minimum Gasteiger partial charge on any atom is -0.487 e. The van der Waals surface area contributed by atoms with E-state index in [0.717, 1.165) is 10.5 Å². The Morgan fingerprint density at radius 3 is 2.32 bits per heavy atom. The van der Waals surface area contributed by atoms with E-state index in [9.17, 15) is 14.4 Å². The van der Waals surface area contributed by atoms with Crippen molar-refractivity contribution in [1.29, 1.82) is 0 Å². The highest BCUT2D eigenvalue weighted by atomic mass is 35.5. The zero-order valence-corrected chi connectivity index (χ0v) is 20.2. The average Bonchev–Trinajstić information content (AvgIpc) is 2.77. The molecule has 0 radical (unpaired) electrons. The molecule has 0 atom stereocenters. The first-order valence-electron chi connectivity index (χ1n) is 9.76. The molecule has 0 aliphatic carbocycles. The second-order valence-corrected chi connectivity index (χ2v) is 8.84. The van der Waals surface area contributed by atoms with Gasteiger partial charge < -0.3 is 4.74 Å². The van der Waals surface area contributed by atoms with Crippen LogP contribution < -0.4 is 15.0 Å². The Morgan fingerprint density at radius 2 is 1.62 bits per heavy atom. The Labute approximate surface area is 214 Å². The summed E-state index contributed by atoms with van der Waals surface area (Å²) in [6.45, 7) is 0.160. The van der Waals surface area contributed by atoms with Gasteiger partial charge in [-0.1, -0.05) is 64.6 Å². The number of anilines is 1. The lowest BCUT2D eigenvalue weighted by molar-refractivity contribution is -0.122. The number of ether oxygens (including phenoxy) is 1. The van der Waals surface area contributed by atoms with Crippen molar-refractivity contribution in [3.05, 3.63) is 97.5 Å². The van der Waals surface area contributed by atoms with E-state index in [1.807, 2.05) is 0 Å². The van der Waals surface area contributed by atoms with Gasteiger partial charge in [0.05, 0.1) is 10.7 Å². The number of halogens is 4. The Morgan fingerprint density at radius 1 is 0.853 bits per heavy atom. The van der Waals surface area contributed by atoms with Crippen LogP contribution >= 0.6 is 46.4 Å². The van der Waals surface area contributed by atoms with E-state index in [1.54, 1.807) is 42.5 Å². The standard InChI is InChI=1S/C24H14Cl4N2O4/c25-15-2-1-3-17(10-15)30-23(32)18(22(31)29-24(30)33)8-13-4-7-21(20(28)9-13)34-12-14-5-6-16(26)11-19(14)27/h1-11H,12H2,(H,29,31,33)/b18-8+. The van der Waals surface area contributed by atoms with Gasteiger partial charge in [-0.15, -0.1) is 0 Å². The molecule has 34 heavy (non-hydrogen) atoms. The highest BCUT2D eigenvalue weighted by Crippen LogP contribution is 2.30. The maximum absolute atomic E-state index is 13.0. The van der Waals surface area contributed by atoms with Crippen LogP contribution in [0.2, 0.25) is 20.1 Å². The smallest absolute Gasteiger partial charge is 0.335 e. The van der Waals surface area contributed by atoms with Crippen molar-refractivity contribution >= 4 is 76.0 Å². The summed E-state index contributed by atoms with van der Waals surface area (Å²) in [6.07, 6.45) is 1.34. The second kappa shape index (κ2) is 10.1. The average molecular weight is 536 g/mol. The van der Waals surface area contributed by atoms with Crippen LogP contribution in [0.25, 0.3) is 6.08 Å². The number of rotatable bonds is 5. The topological polar surface area (TPSA) is 75.7 Å². The van der Waals surface area contributed by atoms with Gasteiger partial charge in [-0.2, -0.15) is 0 Å². The molecule has 0 bridgehead atoms. The Bertz CT molecular complexity index is 1360. The summed E-state index contributed by atoms with van der Waals surface area (Å²) in [6, 6.07) is 15.1. The Hall–Kier alpha value is -3.03. The van der Waals surface area contributed by atoms with Crippen molar-refractivity contribution in [3.63, 3.8) is 0 Å². The maximum atomic E-state index is 13.0. The SMILES string of the molecule is O=C1NC(=O)N(c2cccc(Cl)c2)C(=O)/C1=C/c1ccc(OCc2ccc(Cl)cc2Cl)c(Cl)c1. The molecule has 0 aromatic heterocycles. The molecule has 3 aromatic rings. The van der Waals surface area contributed by atoms with E-state index < -0.39 is 17.8 Å². The number of barbiturate groups is 1. The number of benzene rings is 3. The second-order valence-electron chi connectivity index (χ2n) is 7.15. The molecule has 1 saturated heterocycles. The molecular formula is C24H14Cl4N2O4. The third-order valence-corrected chi connectivity index (χ3v) is 5.95. The molecule has 3 aromatic carbocycles. The van der Waals surface area contributed by atoms with Crippen LogP contribution in [0, 0.1) is 0 Å². The number of nitrogens with zero attached hydrogens (tertiary/aromatic N) is 1. The van der Waals surface area contributed by atoms with Crippen molar-refractivity contribution in [2.45, 2.75) is 6.61 Å². The summed E-state index contributed by atoms with van der Waals surface area (Å²) in [5, 5.41) is 3.73. The molecule has 0 unspecified atom stereocenters. The predicted octanol–water partition coefficient (Wildman–Crippen LogP) is 6.55. The van der Waals surface area contributed by atoms with E-state index in [2.05, 4.69) is 5.32 Å². The molecule has 4 rings (SSSR count).